The Morgan fingerprint density at radius 1 is 1.32 bits per heavy atom. The van der Waals surface area contributed by atoms with Gasteiger partial charge in [-0.1, -0.05) is 44.5 Å². The summed E-state index contributed by atoms with van der Waals surface area (Å²) in [7, 11) is 0. The van der Waals surface area contributed by atoms with Crippen molar-refractivity contribution in [2.45, 2.75) is 52.5 Å². The second-order valence-electron chi connectivity index (χ2n) is 6.02. The van der Waals surface area contributed by atoms with E-state index in [1.165, 1.54) is 11.1 Å². The van der Waals surface area contributed by atoms with Crippen LogP contribution in [0.25, 0.3) is 0 Å². The van der Waals surface area contributed by atoms with Gasteiger partial charge in [0, 0.05) is 0 Å². The van der Waals surface area contributed by atoms with Crippen LogP contribution in [0.4, 0.5) is 0 Å². The second-order valence-corrected chi connectivity index (χ2v) is 6.02. The minimum absolute atomic E-state index is 0.0921. The molecule has 0 amide bonds. The summed E-state index contributed by atoms with van der Waals surface area (Å²) in [6.45, 7) is 10.8. The third-order valence-electron chi connectivity index (χ3n) is 3.05. The van der Waals surface area contributed by atoms with Gasteiger partial charge in [-0.15, -0.1) is 0 Å². The van der Waals surface area contributed by atoms with Gasteiger partial charge in [0.1, 0.15) is 6.04 Å². The first kappa shape index (κ1) is 15.7. The van der Waals surface area contributed by atoms with E-state index in [1.54, 1.807) is 6.92 Å². The zero-order valence-corrected chi connectivity index (χ0v) is 12.6. The highest BCUT2D eigenvalue weighted by Gasteiger charge is 2.18. The molecule has 0 aliphatic rings. The summed E-state index contributed by atoms with van der Waals surface area (Å²) in [6.07, 6.45) is 0.517. The standard InChI is InChI=1S/C16H25NO2/c1-6-19-15(18)14(17)10-12-7-11(2)8-13(9-12)16(3,4)5/h7-9,14H,6,10,17H2,1-5H3. The Morgan fingerprint density at radius 3 is 2.47 bits per heavy atom. The van der Waals surface area contributed by atoms with Crippen LogP contribution in [0.2, 0.25) is 0 Å². The molecule has 0 bridgehead atoms. The van der Waals surface area contributed by atoms with Crippen LogP contribution in [0.3, 0.4) is 0 Å². The van der Waals surface area contributed by atoms with E-state index in [0.29, 0.717) is 13.0 Å². The number of esters is 1. The summed E-state index contributed by atoms with van der Waals surface area (Å²) >= 11 is 0. The van der Waals surface area contributed by atoms with Crippen molar-refractivity contribution in [3.63, 3.8) is 0 Å². The van der Waals surface area contributed by atoms with E-state index >= 15 is 0 Å². The maximum Gasteiger partial charge on any atom is 0.323 e. The van der Waals surface area contributed by atoms with Crippen LogP contribution in [-0.2, 0) is 21.4 Å². The molecule has 1 aromatic carbocycles. The molecule has 0 aliphatic heterocycles. The molecule has 1 rings (SSSR count). The van der Waals surface area contributed by atoms with Crippen molar-refractivity contribution in [3.8, 4) is 0 Å². The average Bonchev–Trinajstić information content (AvgIpc) is 2.27. The zero-order chi connectivity index (χ0) is 14.6. The van der Waals surface area contributed by atoms with Crippen LogP contribution >= 0.6 is 0 Å². The van der Waals surface area contributed by atoms with Gasteiger partial charge in [-0.3, -0.25) is 4.79 Å². The highest BCUT2D eigenvalue weighted by Crippen LogP contribution is 2.24. The maximum absolute atomic E-state index is 11.6. The van der Waals surface area contributed by atoms with Crippen molar-refractivity contribution in [2.75, 3.05) is 6.61 Å². The minimum Gasteiger partial charge on any atom is -0.465 e. The summed E-state index contributed by atoms with van der Waals surface area (Å²) in [6, 6.07) is 5.80. The lowest BCUT2D eigenvalue weighted by atomic mass is 9.84. The highest BCUT2D eigenvalue weighted by atomic mass is 16.5. The first-order chi connectivity index (χ1) is 8.74. The fourth-order valence-electron chi connectivity index (χ4n) is 2.00. The molecule has 0 radical (unpaired) electrons. The number of carbonyl (C=O) groups is 1. The number of carbonyl (C=O) groups excluding carboxylic acids is 1. The van der Waals surface area contributed by atoms with Gasteiger partial charge >= 0.3 is 5.97 Å². The largest absolute Gasteiger partial charge is 0.465 e. The van der Waals surface area contributed by atoms with Gasteiger partial charge in [-0.05, 0) is 36.8 Å². The molecule has 0 aliphatic carbocycles. The Bertz CT molecular complexity index is 447. The quantitative estimate of drug-likeness (QED) is 0.850. The van der Waals surface area contributed by atoms with Crippen LogP contribution in [0.1, 0.15) is 44.4 Å². The maximum atomic E-state index is 11.6. The van der Waals surface area contributed by atoms with E-state index in [4.69, 9.17) is 10.5 Å². The molecule has 0 heterocycles. The van der Waals surface area contributed by atoms with E-state index in [2.05, 4.69) is 45.9 Å². The molecule has 1 unspecified atom stereocenters. The van der Waals surface area contributed by atoms with Gasteiger partial charge in [-0.2, -0.15) is 0 Å². The number of aryl methyl sites for hydroxylation is 1. The molecule has 0 fully saturated rings. The van der Waals surface area contributed by atoms with E-state index < -0.39 is 6.04 Å². The van der Waals surface area contributed by atoms with Gasteiger partial charge in [0.15, 0.2) is 0 Å². The van der Waals surface area contributed by atoms with Crippen molar-refractivity contribution < 1.29 is 9.53 Å². The molecule has 0 saturated heterocycles. The van der Waals surface area contributed by atoms with Crippen LogP contribution in [-0.4, -0.2) is 18.6 Å². The first-order valence-corrected chi connectivity index (χ1v) is 6.77. The van der Waals surface area contributed by atoms with Gasteiger partial charge in [0.25, 0.3) is 0 Å². The number of benzene rings is 1. The van der Waals surface area contributed by atoms with Crippen molar-refractivity contribution >= 4 is 5.97 Å². The predicted octanol–water partition coefficient (Wildman–Crippen LogP) is 2.73. The molecular formula is C16H25NO2. The normalized spacial score (nSPS) is 13.2. The molecule has 2 N–H and O–H groups in total. The first-order valence-electron chi connectivity index (χ1n) is 6.77. The zero-order valence-electron chi connectivity index (χ0n) is 12.6. The van der Waals surface area contributed by atoms with Crippen LogP contribution in [0.15, 0.2) is 18.2 Å². The summed E-state index contributed by atoms with van der Waals surface area (Å²) in [4.78, 5) is 11.6. The van der Waals surface area contributed by atoms with Gasteiger partial charge in [-0.25, -0.2) is 0 Å². The van der Waals surface area contributed by atoms with Crippen LogP contribution in [0, 0.1) is 6.92 Å². The molecule has 3 heteroatoms. The van der Waals surface area contributed by atoms with Crippen molar-refractivity contribution in [2.24, 2.45) is 5.73 Å². The number of rotatable bonds is 4. The monoisotopic (exact) mass is 263 g/mol. The third-order valence-corrected chi connectivity index (χ3v) is 3.05. The SMILES string of the molecule is CCOC(=O)C(N)Cc1cc(C)cc(C(C)(C)C)c1. The van der Waals surface area contributed by atoms with Crippen molar-refractivity contribution in [1.82, 2.24) is 0 Å². The Morgan fingerprint density at radius 2 is 1.95 bits per heavy atom. The van der Waals surface area contributed by atoms with E-state index in [-0.39, 0.29) is 11.4 Å². The van der Waals surface area contributed by atoms with Crippen LogP contribution in [0.5, 0.6) is 0 Å². The minimum atomic E-state index is -0.588. The van der Waals surface area contributed by atoms with E-state index in [0.717, 1.165) is 5.56 Å². The average molecular weight is 263 g/mol. The molecule has 0 spiro atoms. The highest BCUT2D eigenvalue weighted by molar-refractivity contribution is 5.75. The summed E-state index contributed by atoms with van der Waals surface area (Å²) < 4.78 is 4.94. The van der Waals surface area contributed by atoms with E-state index in [1.807, 2.05) is 0 Å². The Kier molecular flexibility index (Phi) is 5.12. The summed E-state index contributed by atoms with van der Waals surface area (Å²) in [5.41, 5.74) is 9.51. The fourth-order valence-corrected chi connectivity index (χ4v) is 2.00. The molecule has 3 nitrogen and oxygen atoms in total. The fraction of sp³-hybridized carbons (Fsp3) is 0.562. The number of ether oxygens (including phenoxy) is 1. The number of hydrogen-bond acceptors (Lipinski definition) is 3. The Hall–Kier alpha value is -1.35. The summed E-state index contributed by atoms with van der Waals surface area (Å²) in [5, 5.41) is 0. The molecule has 0 saturated carbocycles. The number of nitrogens with two attached hydrogens (primary N) is 1. The molecule has 1 atom stereocenters. The topological polar surface area (TPSA) is 52.3 Å². The Labute approximate surface area is 116 Å². The van der Waals surface area contributed by atoms with E-state index in [9.17, 15) is 4.79 Å². The molecule has 19 heavy (non-hydrogen) atoms. The van der Waals surface area contributed by atoms with Crippen LogP contribution < -0.4 is 5.73 Å². The molecule has 0 aromatic heterocycles. The lowest BCUT2D eigenvalue weighted by Gasteiger charge is -2.21. The number of hydrogen-bond donors (Lipinski definition) is 1. The van der Waals surface area contributed by atoms with Crippen molar-refractivity contribution in [1.29, 1.82) is 0 Å². The lowest BCUT2D eigenvalue weighted by molar-refractivity contribution is -0.144. The molecular weight excluding hydrogens is 238 g/mol. The van der Waals surface area contributed by atoms with Gasteiger partial charge in [0.05, 0.1) is 6.61 Å². The van der Waals surface area contributed by atoms with Crippen molar-refractivity contribution in [3.05, 3.63) is 34.9 Å². The Balaban J connectivity index is 2.90. The lowest BCUT2D eigenvalue weighted by Crippen LogP contribution is -2.34. The molecule has 1 aromatic rings. The summed E-state index contributed by atoms with van der Waals surface area (Å²) in [5.74, 6) is -0.332. The van der Waals surface area contributed by atoms with Gasteiger partial charge in [0.2, 0.25) is 0 Å². The smallest absolute Gasteiger partial charge is 0.323 e. The predicted molar refractivity (Wildman–Crippen MR) is 78.2 cm³/mol. The third kappa shape index (κ3) is 4.67. The molecule has 106 valence electrons. The van der Waals surface area contributed by atoms with Gasteiger partial charge < -0.3 is 10.5 Å². The second kappa shape index (κ2) is 6.20.